The molecule has 0 N–H and O–H groups in total. The van der Waals surface area contributed by atoms with Gasteiger partial charge >= 0.3 is 0 Å². The zero-order valence-corrected chi connectivity index (χ0v) is 5.20. The van der Waals surface area contributed by atoms with Crippen LogP contribution in [0.1, 0.15) is 0 Å². The maximum atomic E-state index is 8.37. The molecule has 0 aromatic carbocycles. The molecule has 0 amide bonds. The minimum Gasteiger partial charge on any atom is -0.763 e. The highest BCUT2D eigenvalue weighted by Crippen LogP contribution is 2.11. The van der Waals surface area contributed by atoms with Crippen molar-refractivity contribution in [2.45, 2.75) is 0 Å². The number of nitrogens with zero attached hydrogens (tertiary/aromatic N) is 2. The molecule has 10 heavy (non-hydrogen) atoms. The predicted octanol–water partition coefficient (Wildman–Crippen LogP) is 1.38. The van der Waals surface area contributed by atoms with Crippen molar-refractivity contribution < 1.29 is 0 Å². The summed E-state index contributed by atoms with van der Waals surface area (Å²) in [6, 6.07) is 1.97. The van der Waals surface area contributed by atoms with Crippen LogP contribution in [0.4, 0.5) is 0 Å². The maximum Gasteiger partial charge on any atom is 0.120 e. The quantitative estimate of drug-likeness (QED) is 0.454. The lowest BCUT2D eigenvalue weighted by Gasteiger charge is -2.00. The van der Waals surface area contributed by atoms with Crippen LogP contribution in [-0.4, -0.2) is 5.87 Å². The van der Waals surface area contributed by atoms with Crippen LogP contribution in [0, 0.1) is 17.2 Å². The Hall–Kier alpha value is -1.58. The van der Waals surface area contributed by atoms with Crippen molar-refractivity contribution in [3.05, 3.63) is 41.2 Å². The Kier molecular flexibility index (Phi) is 1.84. The molecule has 0 unspecified atom stereocenters. The molecule has 2 nitrogen and oxygen atoms in total. The molecule has 1 aliphatic rings. The molecular formula is C8H4N2-. The van der Waals surface area contributed by atoms with Crippen LogP contribution in [0.25, 0.3) is 5.41 Å². The van der Waals surface area contributed by atoms with E-state index in [2.05, 4.69) is 0 Å². The Labute approximate surface area is 59.3 Å². The van der Waals surface area contributed by atoms with Crippen molar-refractivity contribution >= 4 is 5.87 Å². The molecule has 0 heterocycles. The van der Waals surface area contributed by atoms with Crippen molar-refractivity contribution in [1.82, 2.24) is 0 Å². The average molecular weight is 128 g/mol. The molecule has 2 heteroatoms. The first-order valence-corrected chi connectivity index (χ1v) is 2.77. The van der Waals surface area contributed by atoms with Gasteiger partial charge in [0, 0.05) is 0 Å². The second kappa shape index (κ2) is 2.82. The van der Waals surface area contributed by atoms with Gasteiger partial charge in [-0.1, -0.05) is 24.3 Å². The lowest BCUT2D eigenvalue weighted by Crippen LogP contribution is -1.88. The summed E-state index contributed by atoms with van der Waals surface area (Å²) in [6.07, 6.45) is 6.49. The third kappa shape index (κ3) is 1.22. The summed E-state index contributed by atoms with van der Waals surface area (Å²) in [5.41, 5.74) is 0.582. The summed E-state index contributed by atoms with van der Waals surface area (Å²) in [7, 11) is 0. The van der Waals surface area contributed by atoms with Gasteiger partial charge in [-0.05, 0) is 5.57 Å². The molecule has 0 saturated heterocycles. The van der Waals surface area contributed by atoms with Crippen LogP contribution in [-0.2, 0) is 0 Å². The number of nitriles is 1. The molecule has 47 valence electrons. The smallest absolute Gasteiger partial charge is 0.120 e. The normalized spacial score (nSPS) is 16.5. The average Bonchev–Trinajstić information content (AvgIpc) is 2.05. The topological polar surface area (TPSA) is 46.1 Å². The third-order valence-corrected chi connectivity index (χ3v) is 1.14. The van der Waals surface area contributed by atoms with E-state index in [1.54, 1.807) is 24.3 Å². The van der Waals surface area contributed by atoms with Crippen molar-refractivity contribution in [3.63, 3.8) is 0 Å². The highest BCUT2D eigenvalue weighted by Gasteiger charge is 2.01. The van der Waals surface area contributed by atoms with E-state index in [4.69, 9.17) is 10.7 Å². The van der Waals surface area contributed by atoms with Gasteiger partial charge in [-0.2, -0.15) is 5.26 Å². The van der Waals surface area contributed by atoms with E-state index < -0.39 is 0 Å². The molecule has 0 saturated carbocycles. The van der Waals surface area contributed by atoms with Crippen LogP contribution in [0.15, 0.2) is 29.9 Å². The standard InChI is InChI=1S/C8H4N2/c9-5-7-1-2-8(6-10)4-3-7/h1-4H/q-1. The second-order valence-corrected chi connectivity index (χ2v) is 1.80. The molecule has 0 aromatic rings. The SMILES string of the molecule is N#C[C]1C=CC(=C=[N-])C=C1. The van der Waals surface area contributed by atoms with Gasteiger partial charge in [0.25, 0.3) is 0 Å². The molecular weight excluding hydrogens is 124 g/mol. The van der Waals surface area contributed by atoms with E-state index in [0.717, 1.165) is 0 Å². The fourth-order valence-corrected chi connectivity index (χ4v) is 0.619. The molecule has 1 rings (SSSR count). The predicted molar refractivity (Wildman–Crippen MR) is 39.0 cm³/mol. The lowest BCUT2D eigenvalue weighted by atomic mass is 10.0. The molecule has 0 fully saturated rings. The first kappa shape index (κ1) is 6.54. The minimum absolute atomic E-state index is 0.582. The van der Waals surface area contributed by atoms with Crippen LogP contribution < -0.4 is 0 Å². The van der Waals surface area contributed by atoms with Crippen LogP contribution in [0.5, 0.6) is 0 Å². The largest absolute Gasteiger partial charge is 0.763 e. The monoisotopic (exact) mass is 128 g/mol. The van der Waals surface area contributed by atoms with Crippen molar-refractivity contribution in [1.29, 1.82) is 5.26 Å². The Balaban J connectivity index is 2.83. The van der Waals surface area contributed by atoms with E-state index in [1.807, 2.05) is 11.9 Å². The van der Waals surface area contributed by atoms with Crippen molar-refractivity contribution in [2.24, 2.45) is 0 Å². The zero-order chi connectivity index (χ0) is 7.40. The zero-order valence-electron chi connectivity index (χ0n) is 5.20. The number of rotatable bonds is 0. The molecule has 0 atom stereocenters. The van der Waals surface area contributed by atoms with Crippen LogP contribution in [0.2, 0.25) is 0 Å². The van der Waals surface area contributed by atoms with Gasteiger partial charge in [0.1, 0.15) is 5.92 Å². The van der Waals surface area contributed by atoms with Gasteiger partial charge in [-0.15, -0.1) is 0 Å². The highest BCUT2D eigenvalue weighted by atomic mass is 14.3. The van der Waals surface area contributed by atoms with Gasteiger partial charge in [0.2, 0.25) is 0 Å². The summed E-state index contributed by atoms with van der Waals surface area (Å²) in [6.45, 7) is 0. The Bertz CT molecular complexity index is 256. The second-order valence-electron chi connectivity index (χ2n) is 1.80. The number of allylic oxidation sites excluding steroid dienone is 5. The summed E-state index contributed by atoms with van der Waals surface area (Å²) < 4.78 is 0. The Morgan fingerprint density at radius 2 is 1.80 bits per heavy atom. The van der Waals surface area contributed by atoms with Crippen molar-refractivity contribution in [3.8, 4) is 6.07 Å². The molecule has 1 radical (unpaired) electrons. The molecule has 1 aliphatic carbocycles. The van der Waals surface area contributed by atoms with E-state index in [1.165, 1.54) is 0 Å². The fraction of sp³-hybridized carbons (Fsp3) is 0. The summed E-state index contributed by atoms with van der Waals surface area (Å²) in [5.74, 6) is 2.55. The molecule has 0 bridgehead atoms. The van der Waals surface area contributed by atoms with Gasteiger partial charge in [0.05, 0.1) is 6.07 Å². The third-order valence-electron chi connectivity index (χ3n) is 1.14. The van der Waals surface area contributed by atoms with Gasteiger partial charge in [-0.25, -0.2) is 0 Å². The van der Waals surface area contributed by atoms with Gasteiger partial charge in [0.15, 0.2) is 0 Å². The maximum absolute atomic E-state index is 8.37. The summed E-state index contributed by atoms with van der Waals surface area (Å²) in [4.78, 5) is 0. The summed E-state index contributed by atoms with van der Waals surface area (Å²) >= 11 is 0. The summed E-state index contributed by atoms with van der Waals surface area (Å²) in [5, 5.41) is 16.7. The van der Waals surface area contributed by atoms with Gasteiger partial charge in [-0.3, -0.25) is 5.87 Å². The fourth-order valence-electron chi connectivity index (χ4n) is 0.619. The lowest BCUT2D eigenvalue weighted by molar-refractivity contribution is 1.39. The number of hydrogen-bond donors (Lipinski definition) is 0. The first-order valence-electron chi connectivity index (χ1n) is 2.77. The van der Waals surface area contributed by atoms with E-state index in [0.29, 0.717) is 11.5 Å². The van der Waals surface area contributed by atoms with Crippen LogP contribution in [0.3, 0.4) is 0 Å². The minimum atomic E-state index is 0.582. The first-order chi connectivity index (χ1) is 4.86. The van der Waals surface area contributed by atoms with Crippen molar-refractivity contribution in [2.75, 3.05) is 0 Å². The van der Waals surface area contributed by atoms with E-state index in [-0.39, 0.29) is 0 Å². The Morgan fingerprint density at radius 3 is 2.20 bits per heavy atom. The number of hydrogen-bond acceptors (Lipinski definition) is 1. The van der Waals surface area contributed by atoms with E-state index >= 15 is 0 Å². The molecule has 0 spiro atoms. The molecule has 0 aliphatic heterocycles. The van der Waals surface area contributed by atoms with E-state index in [9.17, 15) is 0 Å². The van der Waals surface area contributed by atoms with Crippen LogP contribution >= 0.6 is 0 Å². The Morgan fingerprint density at radius 1 is 1.20 bits per heavy atom. The highest BCUT2D eigenvalue weighted by molar-refractivity contribution is 5.70. The molecule has 0 aromatic heterocycles. The van der Waals surface area contributed by atoms with Gasteiger partial charge < -0.3 is 5.41 Å².